The van der Waals surface area contributed by atoms with Crippen molar-refractivity contribution in [3.8, 4) is 5.88 Å². The second kappa shape index (κ2) is 3.53. The van der Waals surface area contributed by atoms with Gasteiger partial charge in [-0.3, -0.25) is 0 Å². The molecule has 0 saturated heterocycles. The quantitative estimate of drug-likeness (QED) is 0.710. The standard InChI is InChI=1S/C9H9ClN2O2/c10-7-1-2-8(12-11-7)14-6-9(5-13)3-4-9/h1-2,5H,3-4,6H2. The number of nitrogens with zero attached hydrogens (tertiary/aromatic N) is 2. The van der Waals surface area contributed by atoms with Crippen LogP contribution in [0.3, 0.4) is 0 Å². The molecule has 1 aromatic heterocycles. The van der Waals surface area contributed by atoms with E-state index in [4.69, 9.17) is 16.3 Å². The van der Waals surface area contributed by atoms with Gasteiger partial charge in [-0.05, 0) is 18.9 Å². The maximum Gasteiger partial charge on any atom is 0.233 e. The lowest BCUT2D eigenvalue weighted by atomic mass is 10.1. The van der Waals surface area contributed by atoms with E-state index in [1.54, 1.807) is 12.1 Å². The summed E-state index contributed by atoms with van der Waals surface area (Å²) in [6, 6.07) is 3.24. The van der Waals surface area contributed by atoms with Crippen molar-refractivity contribution in [1.82, 2.24) is 10.2 Å². The fourth-order valence-corrected chi connectivity index (χ4v) is 1.16. The fourth-order valence-electron chi connectivity index (χ4n) is 1.06. The monoisotopic (exact) mass is 212 g/mol. The van der Waals surface area contributed by atoms with Crippen LogP contribution in [-0.4, -0.2) is 23.1 Å². The molecule has 0 unspecified atom stereocenters. The van der Waals surface area contributed by atoms with E-state index in [0.29, 0.717) is 17.6 Å². The van der Waals surface area contributed by atoms with Gasteiger partial charge in [0.25, 0.3) is 0 Å². The van der Waals surface area contributed by atoms with Crippen LogP contribution in [0.25, 0.3) is 0 Å². The minimum absolute atomic E-state index is 0.263. The van der Waals surface area contributed by atoms with Gasteiger partial charge in [-0.15, -0.1) is 10.2 Å². The number of hydrogen-bond donors (Lipinski definition) is 0. The van der Waals surface area contributed by atoms with Crippen LogP contribution in [-0.2, 0) is 4.79 Å². The van der Waals surface area contributed by atoms with E-state index in [1.807, 2.05) is 0 Å². The summed E-state index contributed by atoms with van der Waals surface area (Å²) in [5.74, 6) is 0.405. The first kappa shape index (κ1) is 9.40. The zero-order valence-electron chi connectivity index (χ0n) is 7.44. The number of aldehydes is 1. The van der Waals surface area contributed by atoms with Gasteiger partial charge in [0.1, 0.15) is 12.9 Å². The van der Waals surface area contributed by atoms with Gasteiger partial charge in [0, 0.05) is 6.07 Å². The zero-order chi connectivity index (χ0) is 10.0. The highest BCUT2D eigenvalue weighted by atomic mass is 35.5. The summed E-state index contributed by atoms with van der Waals surface area (Å²) in [5, 5.41) is 7.68. The Hall–Kier alpha value is -1.16. The Labute approximate surface area is 86.2 Å². The highest BCUT2D eigenvalue weighted by Crippen LogP contribution is 2.43. The SMILES string of the molecule is O=CC1(COc2ccc(Cl)nn2)CC1. The van der Waals surface area contributed by atoms with Gasteiger partial charge in [0.15, 0.2) is 5.15 Å². The molecule has 4 nitrogen and oxygen atoms in total. The maximum atomic E-state index is 10.6. The van der Waals surface area contributed by atoms with E-state index in [1.165, 1.54) is 0 Å². The normalized spacial score (nSPS) is 17.5. The summed E-state index contributed by atoms with van der Waals surface area (Å²) in [6.07, 6.45) is 2.76. The minimum atomic E-state index is -0.263. The Morgan fingerprint density at radius 3 is 2.79 bits per heavy atom. The van der Waals surface area contributed by atoms with Crippen molar-refractivity contribution in [1.29, 1.82) is 0 Å². The molecule has 1 aromatic rings. The molecular weight excluding hydrogens is 204 g/mol. The van der Waals surface area contributed by atoms with Crippen molar-refractivity contribution in [3.63, 3.8) is 0 Å². The molecule has 0 amide bonds. The Morgan fingerprint density at radius 2 is 2.29 bits per heavy atom. The molecule has 0 atom stereocenters. The number of ether oxygens (including phenoxy) is 1. The highest BCUT2D eigenvalue weighted by Gasteiger charge is 2.43. The van der Waals surface area contributed by atoms with Crippen LogP contribution in [0.1, 0.15) is 12.8 Å². The van der Waals surface area contributed by atoms with Crippen LogP contribution in [0.2, 0.25) is 5.15 Å². The molecule has 1 aliphatic carbocycles. The molecule has 0 N–H and O–H groups in total. The zero-order valence-corrected chi connectivity index (χ0v) is 8.20. The average Bonchev–Trinajstić information content (AvgIpc) is 2.98. The Morgan fingerprint density at radius 1 is 1.50 bits per heavy atom. The number of carbonyl (C=O) groups is 1. The van der Waals surface area contributed by atoms with E-state index < -0.39 is 0 Å². The molecular formula is C9H9ClN2O2. The third-order valence-electron chi connectivity index (χ3n) is 2.26. The van der Waals surface area contributed by atoms with Gasteiger partial charge in [-0.1, -0.05) is 11.6 Å². The molecule has 14 heavy (non-hydrogen) atoms. The van der Waals surface area contributed by atoms with E-state index in [-0.39, 0.29) is 5.41 Å². The number of carbonyl (C=O) groups excluding carboxylic acids is 1. The van der Waals surface area contributed by atoms with Crippen LogP contribution >= 0.6 is 11.6 Å². The average molecular weight is 213 g/mol. The lowest BCUT2D eigenvalue weighted by molar-refractivity contribution is -0.113. The third-order valence-corrected chi connectivity index (χ3v) is 2.46. The lowest BCUT2D eigenvalue weighted by Gasteiger charge is -2.07. The van der Waals surface area contributed by atoms with Gasteiger partial charge >= 0.3 is 0 Å². The van der Waals surface area contributed by atoms with Crippen LogP contribution in [0.4, 0.5) is 0 Å². The predicted molar refractivity (Wildman–Crippen MR) is 50.3 cm³/mol. The highest BCUT2D eigenvalue weighted by molar-refractivity contribution is 6.29. The summed E-state index contributed by atoms with van der Waals surface area (Å²) >= 11 is 5.56. The fraction of sp³-hybridized carbons (Fsp3) is 0.444. The van der Waals surface area contributed by atoms with Crippen molar-refractivity contribution in [2.75, 3.05) is 6.61 Å². The molecule has 0 bridgehead atoms. The Bertz CT molecular complexity index is 335. The maximum absolute atomic E-state index is 10.6. The summed E-state index contributed by atoms with van der Waals surface area (Å²) in [4.78, 5) is 10.6. The molecule has 2 rings (SSSR count). The molecule has 0 radical (unpaired) electrons. The first-order chi connectivity index (χ1) is 6.74. The van der Waals surface area contributed by atoms with Crippen LogP contribution in [0, 0.1) is 5.41 Å². The van der Waals surface area contributed by atoms with Gasteiger partial charge in [-0.2, -0.15) is 0 Å². The predicted octanol–water partition coefficient (Wildman–Crippen LogP) is 1.49. The van der Waals surface area contributed by atoms with E-state index in [2.05, 4.69) is 10.2 Å². The summed E-state index contributed by atoms with van der Waals surface area (Å²) < 4.78 is 5.32. The summed E-state index contributed by atoms with van der Waals surface area (Å²) in [7, 11) is 0. The van der Waals surface area contributed by atoms with Crippen molar-refractivity contribution < 1.29 is 9.53 Å². The van der Waals surface area contributed by atoms with Crippen molar-refractivity contribution in [2.24, 2.45) is 5.41 Å². The molecule has 0 aliphatic heterocycles. The van der Waals surface area contributed by atoms with E-state index in [9.17, 15) is 4.79 Å². The second-order valence-corrected chi connectivity index (χ2v) is 3.85. The van der Waals surface area contributed by atoms with E-state index >= 15 is 0 Å². The largest absolute Gasteiger partial charge is 0.476 e. The van der Waals surface area contributed by atoms with Crippen LogP contribution < -0.4 is 4.74 Å². The van der Waals surface area contributed by atoms with Gasteiger partial charge in [0.2, 0.25) is 5.88 Å². The van der Waals surface area contributed by atoms with Gasteiger partial charge < -0.3 is 9.53 Å². The van der Waals surface area contributed by atoms with Crippen molar-refractivity contribution in [2.45, 2.75) is 12.8 Å². The molecule has 1 fully saturated rings. The molecule has 0 aromatic carbocycles. The Balaban J connectivity index is 1.92. The number of halogens is 1. The molecule has 1 heterocycles. The van der Waals surface area contributed by atoms with Crippen molar-refractivity contribution >= 4 is 17.9 Å². The summed E-state index contributed by atoms with van der Waals surface area (Å²) in [5.41, 5.74) is -0.263. The van der Waals surface area contributed by atoms with Crippen molar-refractivity contribution in [3.05, 3.63) is 17.3 Å². The van der Waals surface area contributed by atoms with Gasteiger partial charge in [0.05, 0.1) is 5.41 Å². The smallest absolute Gasteiger partial charge is 0.233 e. The minimum Gasteiger partial charge on any atom is -0.476 e. The molecule has 5 heteroatoms. The lowest BCUT2D eigenvalue weighted by Crippen LogP contribution is -2.14. The second-order valence-electron chi connectivity index (χ2n) is 3.46. The topological polar surface area (TPSA) is 52.1 Å². The molecule has 1 saturated carbocycles. The van der Waals surface area contributed by atoms with Crippen LogP contribution in [0.15, 0.2) is 12.1 Å². The third kappa shape index (κ3) is 2.01. The molecule has 1 aliphatic rings. The number of aromatic nitrogens is 2. The number of hydrogen-bond acceptors (Lipinski definition) is 4. The van der Waals surface area contributed by atoms with E-state index in [0.717, 1.165) is 19.1 Å². The number of rotatable bonds is 4. The first-order valence-electron chi connectivity index (χ1n) is 4.32. The Kier molecular flexibility index (Phi) is 2.37. The molecule has 74 valence electrons. The molecule has 0 spiro atoms. The summed E-state index contributed by atoms with van der Waals surface area (Å²) in [6.45, 7) is 0.382. The van der Waals surface area contributed by atoms with Crippen LogP contribution in [0.5, 0.6) is 5.88 Å². The first-order valence-corrected chi connectivity index (χ1v) is 4.70. The van der Waals surface area contributed by atoms with Gasteiger partial charge in [-0.25, -0.2) is 0 Å².